The molecule has 0 spiro atoms. The first-order valence-corrected chi connectivity index (χ1v) is 5.89. The number of carboxylic acid groups (broad SMARTS) is 1. The van der Waals surface area contributed by atoms with Crippen LogP contribution in [0.2, 0.25) is 0 Å². The SMILES string of the molecule is COCCNC(=O)C1CCC(NC(=O)O)CC1. The second kappa shape index (κ2) is 7.11. The fourth-order valence-electron chi connectivity index (χ4n) is 2.10. The van der Waals surface area contributed by atoms with Gasteiger partial charge in [-0.15, -0.1) is 0 Å². The summed E-state index contributed by atoms with van der Waals surface area (Å²) >= 11 is 0. The van der Waals surface area contributed by atoms with Crippen LogP contribution in [-0.4, -0.2) is 43.4 Å². The Bertz CT molecular complexity index is 262. The van der Waals surface area contributed by atoms with E-state index >= 15 is 0 Å². The van der Waals surface area contributed by atoms with Crippen molar-refractivity contribution in [2.75, 3.05) is 20.3 Å². The quantitative estimate of drug-likeness (QED) is 0.617. The Morgan fingerprint density at radius 2 is 1.94 bits per heavy atom. The zero-order chi connectivity index (χ0) is 12.7. The van der Waals surface area contributed by atoms with Gasteiger partial charge >= 0.3 is 6.09 Å². The van der Waals surface area contributed by atoms with Crippen molar-refractivity contribution in [3.8, 4) is 0 Å². The number of hydrogen-bond donors (Lipinski definition) is 3. The minimum atomic E-state index is -0.988. The van der Waals surface area contributed by atoms with Crippen molar-refractivity contribution in [1.82, 2.24) is 10.6 Å². The molecule has 0 aromatic rings. The monoisotopic (exact) mass is 244 g/mol. The molecule has 0 aliphatic heterocycles. The number of nitrogens with one attached hydrogen (secondary N) is 2. The maximum absolute atomic E-state index is 11.7. The summed E-state index contributed by atoms with van der Waals surface area (Å²) in [4.78, 5) is 22.2. The number of methoxy groups -OCH3 is 1. The lowest BCUT2D eigenvalue weighted by Crippen LogP contribution is -2.40. The van der Waals surface area contributed by atoms with Crippen LogP contribution >= 0.6 is 0 Å². The molecule has 0 bridgehead atoms. The largest absolute Gasteiger partial charge is 0.465 e. The van der Waals surface area contributed by atoms with Crippen LogP contribution in [-0.2, 0) is 9.53 Å². The van der Waals surface area contributed by atoms with Gasteiger partial charge in [0, 0.05) is 25.6 Å². The molecule has 1 aliphatic carbocycles. The average molecular weight is 244 g/mol. The van der Waals surface area contributed by atoms with Gasteiger partial charge < -0.3 is 20.5 Å². The van der Waals surface area contributed by atoms with E-state index in [0.29, 0.717) is 13.2 Å². The Labute approximate surface area is 101 Å². The summed E-state index contributed by atoms with van der Waals surface area (Å²) < 4.78 is 4.85. The first-order valence-electron chi connectivity index (χ1n) is 5.89. The standard InChI is InChI=1S/C11H20N2O4/c1-17-7-6-12-10(14)8-2-4-9(5-3-8)13-11(15)16/h8-9,13H,2-7H2,1H3,(H,12,14)(H,15,16). The molecule has 0 aromatic carbocycles. The minimum absolute atomic E-state index is 0.00414. The lowest BCUT2D eigenvalue weighted by Gasteiger charge is -2.27. The van der Waals surface area contributed by atoms with E-state index in [-0.39, 0.29) is 17.9 Å². The topological polar surface area (TPSA) is 87.7 Å². The van der Waals surface area contributed by atoms with E-state index in [2.05, 4.69) is 10.6 Å². The van der Waals surface area contributed by atoms with Gasteiger partial charge in [-0.2, -0.15) is 0 Å². The number of carbonyl (C=O) groups is 2. The van der Waals surface area contributed by atoms with Gasteiger partial charge in [-0.1, -0.05) is 0 Å². The van der Waals surface area contributed by atoms with Crippen molar-refractivity contribution in [1.29, 1.82) is 0 Å². The van der Waals surface area contributed by atoms with Gasteiger partial charge in [-0.3, -0.25) is 4.79 Å². The lowest BCUT2D eigenvalue weighted by atomic mass is 9.85. The molecule has 6 heteroatoms. The van der Waals surface area contributed by atoms with Crippen LogP contribution in [0.4, 0.5) is 4.79 Å². The Balaban J connectivity index is 2.21. The predicted octanol–water partition coefficient (Wildman–Crippen LogP) is 0.575. The Morgan fingerprint density at radius 1 is 1.29 bits per heavy atom. The van der Waals surface area contributed by atoms with Crippen molar-refractivity contribution < 1.29 is 19.4 Å². The van der Waals surface area contributed by atoms with Gasteiger partial charge in [0.1, 0.15) is 0 Å². The summed E-state index contributed by atoms with van der Waals surface area (Å²) in [5.41, 5.74) is 0. The molecule has 0 radical (unpaired) electrons. The maximum atomic E-state index is 11.7. The molecule has 1 saturated carbocycles. The molecule has 17 heavy (non-hydrogen) atoms. The van der Waals surface area contributed by atoms with Gasteiger partial charge in [-0.05, 0) is 25.7 Å². The zero-order valence-corrected chi connectivity index (χ0v) is 10.1. The molecule has 3 N–H and O–H groups in total. The number of ether oxygens (including phenoxy) is 1. The van der Waals surface area contributed by atoms with Crippen molar-refractivity contribution >= 4 is 12.0 Å². The van der Waals surface area contributed by atoms with Crippen molar-refractivity contribution in [2.24, 2.45) is 5.92 Å². The normalized spacial score (nSPS) is 24.1. The summed E-state index contributed by atoms with van der Waals surface area (Å²) in [5.74, 6) is 0.0644. The van der Waals surface area contributed by atoms with Crippen LogP contribution in [0.5, 0.6) is 0 Å². The third-order valence-electron chi connectivity index (χ3n) is 3.03. The van der Waals surface area contributed by atoms with Gasteiger partial charge in [0.25, 0.3) is 0 Å². The molecule has 1 aliphatic rings. The summed E-state index contributed by atoms with van der Waals surface area (Å²) in [7, 11) is 1.59. The van der Waals surface area contributed by atoms with Gasteiger partial charge in [0.2, 0.25) is 5.91 Å². The van der Waals surface area contributed by atoms with Gasteiger partial charge in [-0.25, -0.2) is 4.79 Å². The highest BCUT2D eigenvalue weighted by atomic mass is 16.5. The second-order valence-corrected chi connectivity index (χ2v) is 4.28. The maximum Gasteiger partial charge on any atom is 0.404 e. The smallest absolute Gasteiger partial charge is 0.404 e. The van der Waals surface area contributed by atoms with Gasteiger partial charge in [0.05, 0.1) is 6.61 Å². The first-order chi connectivity index (χ1) is 8.13. The highest BCUT2D eigenvalue weighted by Crippen LogP contribution is 2.24. The van der Waals surface area contributed by atoms with E-state index in [0.717, 1.165) is 25.7 Å². The summed E-state index contributed by atoms with van der Waals surface area (Å²) in [5, 5.41) is 13.8. The summed E-state index contributed by atoms with van der Waals surface area (Å²) in [6.45, 7) is 1.05. The van der Waals surface area contributed by atoms with E-state index in [1.165, 1.54) is 0 Å². The van der Waals surface area contributed by atoms with Crippen LogP contribution < -0.4 is 10.6 Å². The van der Waals surface area contributed by atoms with Crippen LogP contribution in [0.25, 0.3) is 0 Å². The molecule has 6 nitrogen and oxygen atoms in total. The minimum Gasteiger partial charge on any atom is -0.465 e. The zero-order valence-electron chi connectivity index (χ0n) is 10.1. The number of rotatable bonds is 5. The molecular weight excluding hydrogens is 224 g/mol. The van der Waals surface area contributed by atoms with Crippen LogP contribution in [0.3, 0.4) is 0 Å². The number of amides is 2. The predicted molar refractivity (Wildman–Crippen MR) is 61.8 cm³/mol. The molecule has 0 saturated heterocycles. The van der Waals surface area contributed by atoms with Gasteiger partial charge in [0.15, 0.2) is 0 Å². The second-order valence-electron chi connectivity index (χ2n) is 4.28. The van der Waals surface area contributed by atoms with E-state index < -0.39 is 6.09 Å². The highest BCUT2D eigenvalue weighted by Gasteiger charge is 2.26. The van der Waals surface area contributed by atoms with Crippen LogP contribution in [0.1, 0.15) is 25.7 Å². The van der Waals surface area contributed by atoms with E-state index in [9.17, 15) is 9.59 Å². The molecule has 1 rings (SSSR count). The molecule has 0 aromatic heterocycles. The number of hydrogen-bond acceptors (Lipinski definition) is 3. The molecule has 0 atom stereocenters. The highest BCUT2D eigenvalue weighted by molar-refractivity contribution is 5.78. The van der Waals surface area contributed by atoms with Crippen LogP contribution in [0, 0.1) is 5.92 Å². The van der Waals surface area contributed by atoms with Crippen molar-refractivity contribution in [3.05, 3.63) is 0 Å². The van der Waals surface area contributed by atoms with E-state index in [4.69, 9.17) is 9.84 Å². The molecule has 2 amide bonds. The molecule has 1 fully saturated rings. The Kier molecular flexibility index (Phi) is 5.76. The fraction of sp³-hybridized carbons (Fsp3) is 0.818. The van der Waals surface area contributed by atoms with E-state index in [1.807, 2.05) is 0 Å². The molecule has 0 heterocycles. The Morgan fingerprint density at radius 3 is 2.47 bits per heavy atom. The van der Waals surface area contributed by atoms with Crippen LogP contribution in [0.15, 0.2) is 0 Å². The molecule has 98 valence electrons. The third kappa shape index (κ3) is 5.04. The number of carbonyl (C=O) groups excluding carboxylic acids is 1. The molecular formula is C11H20N2O4. The summed E-state index contributed by atoms with van der Waals surface area (Å²) in [6, 6.07) is -0.00414. The molecule has 0 unspecified atom stereocenters. The first kappa shape index (κ1) is 13.8. The fourth-order valence-corrected chi connectivity index (χ4v) is 2.10. The third-order valence-corrected chi connectivity index (χ3v) is 3.03. The van der Waals surface area contributed by atoms with Crippen molar-refractivity contribution in [2.45, 2.75) is 31.7 Å². The lowest BCUT2D eigenvalue weighted by molar-refractivity contribution is -0.126. The van der Waals surface area contributed by atoms with Crippen molar-refractivity contribution in [3.63, 3.8) is 0 Å². The van der Waals surface area contributed by atoms with E-state index in [1.54, 1.807) is 7.11 Å². The Hall–Kier alpha value is -1.30. The average Bonchev–Trinajstić information content (AvgIpc) is 2.29. The summed E-state index contributed by atoms with van der Waals surface area (Å²) in [6.07, 6.45) is 1.95.